The van der Waals surface area contributed by atoms with Gasteiger partial charge in [-0.05, 0) is 35.4 Å². The molecule has 4 rings (SSSR count). The third kappa shape index (κ3) is 8.78. The summed E-state index contributed by atoms with van der Waals surface area (Å²) in [7, 11) is 9.34. The van der Waals surface area contributed by atoms with Crippen molar-refractivity contribution in [2.75, 3.05) is 62.3 Å². The Bertz CT molecular complexity index is 1610. The van der Waals surface area contributed by atoms with Crippen molar-refractivity contribution >= 4 is 24.0 Å². The van der Waals surface area contributed by atoms with Crippen LogP contribution in [0.4, 0.5) is 0 Å². The molecular weight excluding hydrogens is 616 g/mol. The van der Waals surface area contributed by atoms with E-state index in [1.807, 2.05) is 47.2 Å². The number of piperazine rings is 1. The molecule has 0 bridgehead atoms. The molecule has 3 aromatic rings. The summed E-state index contributed by atoms with van der Waals surface area (Å²) in [5.41, 5.74) is 1.64. The number of ether oxygens (including phenoxy) is 6. The number of benzene rings is 2. The second kappa shape index (κ2) is 17.3. The third-order valence-electron chi connectivity index (χ3n) is 7.71. The predicted octanol–water partition coefficient (Wildman–Crippen LogP) is 4.51. The van der Waals surface area contributed by atoms with Gasteiger partial charge in [-0.3, -0.25) is 9.59 Å². The van der Waals surface area contributed by atoms with E-state index in [1.165, 1.54) is 12.2 Å². The van der Waals surface area contributed by atoms with Gasteiger partial charge >= 0.3 is 0 Å². The van der Waals surface area contributed by atoms with E-state index in [9.17, 15) is 9.59 Å². The van der Waals surface area contributed by atoms with Crippen LogP contribution >= 0.6 is 0 Å². The number of allylic oxidation sites excluding steroid dienone is 4. The highest BCUT2D eigenvalue weighted by atomic mass is 16.5. The summed E-state index contributed by atoms with van der Waals surface area (Å²) in [6.45, 7) is 1.66. The van der Waals surface area contributed by atoms with E-state index in [-0.39, 0.29) is 17.9 Å². The minimum atomic E-state index is -0.253. The Morgan fingerprint density at radius 3 is 1.65 bits per heavy atom. The number of methoxy groups -OCH3 is 6. The van der Waals surface area contributed by atoms with E-state index < -0.39 is 0 Å². The molecule has 1 aromatic heterocycles. The van der Waals surface area contributed by atoms with Gasteiger partial charge in [0.2, 0.25) is 23.3 Å². The lowest BCUT2D eigenvalue weighted by atomic mass is 10.1. The topological polar surface area (TPSA) is 114 Å². The summed E-state index contributed by atoms with van der Waals surface area (Å²) in [6, 6.07) is 7.03. The van der Waals surface area contributed by atoms with E-state index in [1.54, 1.807) is 89.3 Å². The second-order valence-corrected chi connectivity index (χ2v) is 10.6. The van der Waals surface area contributed by atoms with Crippen LogP contribution in [-0.2, 0) is 16.1 Å². The molecular formula is C36H42N4O8. The number of hydrogen-bond acceptors (Lipinski definition) is 9. The van der Waals surface area contributed by atoms with Crippen molar-refractivity contribution in [2.24, 2.45) is 0 Å². The average Bonchev–Trinajstić information content (AvgIpc) is 3.63. The molecule has 1 atom stereocenters. The number of imidazole rings is 1. The maximum absolute atomic E-state index is 13.4. The molecule has 48 heavy (non-hydrogen) atoms. The molecule has 12 nitrogen and oxygen atoms in total. The highest BCUT2D eigenvalue weighted by Crippen LogP contribution is 2.39. The van der Waals surface area contributed by atoms with Crippen molar-refractivity contribution in [1.82, 2.24) is 19.4 Å². The monoisotopic (exact) mass is 658 g/mol. The Kier molecular flexibility index (Phi) is 12.7. The zero-order chi connectivity index (χ0) is 34.5. The molecule has 2 aromatic carbocycles. The van der Waals surface area contributed by atoms with Gasteiger partial charge in [-0.15, -0.1) is 0 Å². The van der Waals surface area contributed by atoms with Gasteiger partial charge in [0.05, 0.1) is 55.0 Å². The summed E-state index contributed by atoms with van der Waals surface area (Å²) in [5, 5.41) is 0. The Morgan fingerprint density at radius 1 is 0.708 bits per heavy atom. The fourth-order valence-corrected chi connectivity index (χ4v) is 5.35. The molecule has 254 valence electrons. The molecule has 0 saturated carbocycles. The largest absolute Gasteiger partial charge is 0.493 e. The molecule has 1 aliphatic heterocycles. The van der Waals surface area contributed by atoms with Gasteiger partial charge in [0.1, 0.15) is 0 Å². The van der Waals surface area contributed by atoms with Crippen LogP contribution < -0.4 is 28.4 Å². The molecule has 0 N–H and O–H groups in total. The number of carbonyl (C=O) groups is 2. The average molecular weight is 659 g/mol. The Morgan fingerprint density at radius 2 is 1.21 bits per heavy atom. The van der Waals surface area contributed by atoms with Crippen LogP contribution in [0.15, 0.2) is 79.4 Å². The number of nitrogens with zero attached hydrogens (tertiary/aromatic N) is 4. The molecule has 1 aliphatic rings. The fourth-order valence-electron chi connectivity index (χ4n) is 5.35. The van der Waals surface area contributed by atoms with Crippen LogP contribution in [0, 0.1) is 0 Å². The van der Waals surface area contributed by atoms with Gasteiger partial charge < -0.3 is 42.8 Å². The van der Waals surface area contributed by atoms with E-state index in [4.69, 9.17) is 28.4 Å². The van der Waals surface area contributed by atoms with Crippen molar-refractivity contribution in [3.8, 4) is 34.5 Å². The second-order valence-electron chi connectivity index (χ2n) is 10.6. The lowest BCUT2D eigenvalue weighted by Crippen LogP contribution is -2.57. The summed E-state index contributed by atoms with van der Waals surface area (Å²) in [5.74, 6) is 2.88. The van der Waals surface area contributed by atoms with Crippen molar-refractivity contribution in [3.05, 3.63) is 90.6 Å². The summed E-state index contributed by atoms with van der Waals surface area (Å²) >= 11 is 0. The summed E-state index contributed by atoms with van der Waals surface area (Å²) in [6.07, 6.45) is 18.9. The van der Waals surface area contributed by atoms with E-state index in [0.29, 0.717) is 60.7 Å². The third-order valence-corrected chi connectivity index (χ3v) is 7.71. The van der Waals surface area contributed by atoms with Crippen molar-refractivity contribution < 1.29 is 38.0 Å². The number of hydrogen-bond donors (Lipinski definition) is 0. The number of aromatic nitrogens is 2. The Hall–Kier alpha value is -5.65. The van der Waals surface area contributed by atoms with Crippen molar-refractivity contribution in [2.45, 2.75) is 12.6 Å². The zero-order valence-corrected chi connectivity index (χ0v) is 28.1. The minimum absolute atomic E-state index is 0.143. The molecule has 0 spiro atoms. The van der Waals surface area contributed by atoms with Gasteiger partial charge in [-0.1, -0.05) is 36.5 Å². The van der Waals surface area contributed by atoms with Crippen LogP contribution in [0.25, 0.3) is 12.2 Å². The first-order valence-corrected chi connectivity index (χ1v) is 15.2. The molecule has 1 saturated heterocycles. The van der Waals surface area contributed by atoms with Crippen molar-refractivity contribution in [3.63, 3.8) is 0 Å². The van der Waals surface area contributed by atoms with Crippen LogP contribution in [0.5, 0.6) is 34.5 Å². The van der Waals surface area contributed by atoms with Gasteiger partial charge in [0, 0.05) is 50.7 Å². The lowest BCUT2D eigenvalue weighted by Gasteiger charge is -2.41. The number of rotatable bonds is 14. The number of amides is 2. The molecule has 1 unspecified atom stereocenters. The summed E-state index contributed by atoms with van der Waals surface area (Å²) in [4.78, 5) is 34.2. The SMILES string of the molecule is COc1cc(C=CC=CC(=O)N2CCN(C(=O)C=CC=Cc3cc(OC)c(OC)c(OC)c3)C(Cn3ccnc3)C2)cc(OC)c1OC. The maximum Gasteiger partial charge on any atom is 0.246 e. The van der Waals surface area contributed by atoms with Crippen LogP contribution in [0.1, 0.15) is 11.1 Å². The Balaban J connectivity index is 1.42. The van der Waals surface area contributed by atoms with Gasteiger partial charge in [0.25, 0.3) is 0 Å². The molecule has 0 aliphatic carbocycles. The smallest absolute Gasteiger partial charge is 0.246 e. The van der Waals surface area contributed by atoms with Crippen LogP contribution in [0.3, 0.4) is 0 Å². The first kappa shape index (κ1) is 35.2. The first-order chi connectivity index (χ1) is 23.3. The van der Waals surface area contributed by atoms with E-state index in [2.05, 4.69) is 4.98 Å². The predicted molar refractivity (Wildman–Crippen MR) is 183 cm³/mol. The lowest BCUT2D eigenvalue weighted by molar-refractivity contribution is -0.137. The van der Waals surface area contributed by atoms with Crippen molar-refractivity contribution in [1.29, 1.82) is 0 Å². The molecule has 2 amide bonds. The minimum Gasteiger partial charge on any atom is -0.493 e. The van der Waals surface area contributed by atoms with E-state index >= 15 is 0 Å². The number of carbonyl (C=O) groups excluding carboxylic acids is 2. The molecule has 12 heteroatoms. The molecule has 0 radical (unpaired) electrons. The Labute approximate surface area is 281 Å². The van der Waals surface area contributed by atoms with Gasteiger partial charge in [0.15, 0.2) is 23.0 Å². The fraction of sp³-hybridized carbons (Fsp3) is 0.306. The van der Waals surface area contributed by atoms with Crippen LogP contribution in [-0.4, -0.2) is 99.5 Å². The normalized spacial score (nSPS) is 15.1. The standard InChI is InChI=1S/C36H42N4O8/c1-43-29-19-26(20-30(44-2)35(29)47-5)11-7-9-13-33(41)39-17-18-40(28(24-39)23-38-16-15-37-25-38)34(42)14-10-8-12-27-21-31(45-3)36(48-6)32(22-27)46-4/h7-16,19-22,25,28H,17-18,23-24H2,1-6H3. The highest BCUT2D eigenvalue weighted by Gasteiger charge is 2.31. The summed E-state index contributed by atoms with van der Waals surface area (Å²) < 4.78 is 34.3. The zero-order valence-electron chi connectivity index (χ0n) is 28.1. The maximum atomic E-state index is 13.4. The quantitative estimate of drug-likeness (QED) is 0.182. The first-order valence-electron chi connectivity index (χ1n) is 15.2. The molecule has 1 fully saturated rings. The molecule has 2 heterocycles. The van der Waals surface area contributed by atoms with Gasteiger partial charge in [-0.2, -0.15) is 0 Å². The van der Waals surface area contributed by atoms with Crippen LogP contribution in [0.2, 0.25) is 0 Å². The van der Waals surface area contributed by atoms with Gasteiger partial charge in [-0.25, -0.2) is 4.98 Å². The highest BCUT2D eigenvalue weighted by molar-refractivity contribution is 5.90. The van der Waals surface area contributed by atoms with E-state index in [0.717, 1.165) is 11.1 Å².